The van der Waals surface area contributed by atoms with Crippen molar-refractivity contribution in [2.45, 2.75) is 19.4 Å². The first-order valence-electron chi connectivity index (χ1n) is 5.89. The second-order valence-electron chi connectivity index (χ2n) is 4.36. The molecule has 3 rings (SSSR count). The Morgan fingerprint density at radius 1 is 1.39 bits per heavy atom. The van der Waals surface area contributed by atoms with E-state index in [1.807, 2.05) is 19.1 Å². The van der Waals surface area contributed by atoms with Gasteiger partial charge in [0.25, 0.3) is 0 Å². The van der Waals surface area contributed by atoms with Gasteiger partial charge in [-0.3, -0.25) is 0 Å². The number of benzene rings is 1. The molecule has 5 heteroatoms. The van der Waals surface area contributed by atoms with Crippen LogP contribution in [0.5, 0.6) is 5.75 Å². The van der Waals surface area contributed by atoms with Crippen LogP contribution in [0.2, 0.25) is 0 Å². The van der Waals surface area contributed by atoms with Crippen molar-refractivity contribution in [2.75, 3.05) is 13.2 Å². The van der Waals surface area contributed by atoms with Gasteiger partial charge in [0.2, 0.25) is 0 Å². The van der Waals surface area contributed by atoms with E-state index in [4.69, 9.17) is 9.47 Å². The molecule has 1 aliphatic rings. The van der Waals surface area contributed by atoms with Crippen molar-refractivity contribution < 1.29 is 9.47 Å². The summed E-state index contributed by atoms with van der Waals surface area (Å²) in [6.45, 7) is 3.39. The highest BCUT2D eigenvalue weighted by Gasteiger charge is 2.19. The molecule has 94 valence electrons. The lowest BCUT2D eigenvalue weighted by Crippen LogP contribution is -2.16. The van der Waals surface area contributed by atoms with Gasteiger partial charge in [0.05, 0.1) is 13.2 Å². The van der Waals surface area contributed by atoms with E-state index in [9.17, 15) is 0 Å². The Hall–Kier alpha value is -1.20. The first kappa shape index (κ1) is 11.9. The average molecular weight is 309 g/mol. The number of hydrogen-bond acceptors (Lipinski definition) is 4. The van der Waals surface area contributed by atoms with Crippen molar-refractivity contribution in [3.63, 3.8) is 0 Å². The van der Waals surface area contributed by atoms with Crippen LogP contribution in [0, 0.1) is 6.92 Å². The third-order valence-electron chi connectivity index (χ3n) is 3.05. The average Bonchev–Trinajstić information content (AvgIpc) is 2.83. The van der Waals surface area contributed by atoms with Crippen LogP contribution in [0.1, 0.15) is 12.1 Å². The maximum absolute atomic E-state index is 5.98. The van der Waals surface area contributed by atoms with Crippen LogP contribution in [0.25, 0.3) is 10.9 Å². The van der Waals surface area contributed by atoms with E-state index in [2.05, 4.69) is 25.9 Å². The smallest absolute Gasteiger partial charge is 0.147 e. The SMILES string of the molecule is Cc1ncnc2c(O[C@@H]3CCOC3)cc(Br)cc12. The molecule has 0 spiro atoms. The maximum atomic E-state index is 5.98. The number of aryl methyl sites for hydroxylation is 1. The number of ether oxygens (including phenoxy) is 2. The van der Waals surface area contributed by atoms with Gasteiger partial charge in [-0.15, -0.1) is 0 Å². The van der Waals surface area contributed by atoms with E-state index in [1.54, 1.807) is 6.33 Å². The highest BCUT2D eigenvalue weighted by molar-refractivity contribution is 9.10. The molecule has 2 aromatic rings. The van der Waals surface area contributed by atoms with Gasteiger partial charge in [0.1, 0.15) is 23.7 Å². The molecule has 1 aromatic carbocycles. The number of halogens is 1. The van der Waals surface area contributed by atoms with Crippen molar-refractivity contribution in [3.05, 3.63) is 28.6 Å². The van der Waals surface area contributed by atoms with Crippen LogP contribution in [0.3, 0.4) is 0 Å². The zero-order valence-electron chi connectivity index (χ0n) is 10.0. The standard InChI is InChI=1S/C13H13BrN2O2/c1-8-11-4-9(14)5-12(13(11)16-7-15-8)18-10-2-3-17-6-10/h4-5,7,10H,2-3,6H2,1H3/t10-/m1/s1. The van der Waals surface area contributed by atoms with Gasteiger partial charge in [-0.05, 0) is 19.1 Å². The van der Waals surface area contributed by atoms with E-state index in [1.165, 1.54) is 0 Å². The molecule has 2 heterocycles. The number of hydrogen-bond donors (Lipinski definition) is 0. The zero-order valence-corrected chi connectivity index (χ0v) is 11.6. The Kier molecular flexibility index (Phi) is 3.18. The molecular formula is C13H13BrN2O2. The fraction of sp³-hybridized carbons (Fsp3) is 0.385. The Bertz CT molecular complexity index is 582. The molecule has 0 aliphatic carbocycles. The number of nitrogens with zero attached hydrogens (tertiary/aromatic N) is 2. The molecule has 4 nitrogen and oxygen atoms in total. The van der Waals surface area contributed by atoms with Crippen LogP contribution >= 0.6 is 15.9 Å². The molecular weight excluding hydrogens is 296 g/mol. The fourth-order valence-corrected chi connectivity index (χ4v) is 2.54. The summed E-state index contributed by atoms with van der Waals surface area (Å²) < 4.78 is 12.3. The first-order valence-corrected chi connectivity index (χ1v) is 6.68. The quantitative estimate of drug-likeness (QED) is 0.855. The van der Waals surface area contributed by atoms with Gasteiger partial charge in [0.15, 0.2) is 0 Å². The Labute approximate surface area is 113 Å². The predicted octanol–water partition coefficient (Wildman–Crippen LogP) is 2.87. The second kappa shape index (κ2) is 4.82. The minimum atomic E-state index is 0.123. The van der Waals surface area contributed by atoms with Gasteiger partial charge >= 0.3 is 0 Å². The van der Waals surface area contributed by atoms with Crippen LogP contribution in [0.15, 0.2) is 22.9 Å². The van der Waals surface area contributed by atoms with Gasteiger partial charge in [-0.2, -0.15) is 0 Å². The summed E-state index contributed by atoms with van der Waals surface area (Å²) in [6.07, 6.45) is 2.62. The van der Waals surface area contributed by atoms with Gasteiger partial charge < -0.3 is 9.47 Å². The highest BCUT2D eigenvalue weighted by Crippen LogP contribution is 2.31. The molecule has 1 fully saturated rings. The lowest BCUT2D eigenvalue weighted by Gasteiger charge is -2.14. The summed E-state index contributed by atoms with van der Waals surface area (Å²) in [5.41, 5.74) is 1.81. The van der Waals surface area contributed by atoms with Crippen LogP contribution in [0.4, 0.5) is 0 Å². The molecule has 1 atom stereocenters. The molecule has 0 N–H and O–H groups in total. The summed E-state index contributed by atoms with van der Waals surface area (Å²) >= 11 is 3.50. The molecule has 1 aromatic heterocycles. The minimum absolute atomic E-state index is 0.123. The van der Waals surface area contributed by atoms with Crippen molar-refractivity contribution >= 4 is 26.8 Å². The molecule has 0 amide bonds. The molecule has 0 radical (unpaired) electrons. The topological polar surface area (TPSA) is 44.2 Å². The molecule has 1 saturated heterocycles. The summed E-state index contributed by atoms with van der Waals surface area (Å²) in [5, 5.41) is 1.01. The van der Waals surface area contributed by atoms with E-state index in [-0.39, 0.29) is 6.10 Å². The Morgan fingerprint density at radius 3 is 3.06 bits per heavy atom. The van der Waals surface area contributed by atoms with E-state index < -0.39 is 0 Å². The maximum Gasteiger partial charge on any atom is 0.147 e. The normalized spacial score (nSPS) is 19.3. The monoisotopic (exact) mass is 308 g/mol. The molecule has 18 heavy (non-hydrogen) atoms. The van der Waals surface area contributed by atoms with E-state index in [0.29, 0.717) is 6.61 Å². The summed E-state index contributed by atoms with van der Waals surface area (Å²) in [7, 11) is 0. The van der Waals surface area contributed by atoms with Crippen LogP contribution in [-0.2, 0) is 4.74 Å². The van der Waals surface area contributed by atoms with Crippen molar-refractivity contribution in [1.29, 1.82) is 0 Å². The number of fused-ring (bicyclic) bond motifs is 1. The summed E-state index contributed by atoms with van der Waals surface area (Å²) in [4.78, 5) is 8.54. The van der Waals surface area contributed by atoms with Crippen LogP contribution in [-0.4, -0.2) is 29.3 Å². The molecule has 0 unspecified atom stereocenters. The Morgan fingerprint density at radius 2 is 2.28 bits per heavy atom. The van der Waals surface area contributed by atoms with Gasteiger partial charge in [-0.25, -0.2) is 9.97 Å². The largest absolute Gasteiger partial charge is 0.486 e. The lowest BCUT2D eigenvalue weighted by molar-refractivity contribution is 0.142. The fourth-order valence-electron chi connectivity index (χ4n) is 2.10. The zero-order chi connectivity index (χ0) is 12.5. The lowest BCUT2D eigenvalue weighted by atomic mass is 10.2. The van der Waals surface area contributed by atoms with E-state index in [0.717, 1.165) is 39.8 Å². The third-order valence-corrected chi connectivity index (χ3v) is 3.51. The molecule has 0 bridgehead atoms. The molecule has 1 aliphatic heterocycles. The number of rotatable bonds is 2. The van der Waals surface area contributed by atoms with Gasteiger partial charge in [0, 0.05) is 22.0 Å². The van der Waals surface area contributed by atoms with Crippen LogP contribution < -0.4 is 4.74 Å². The Balaban J connectivity index is 2.06. The van der Waals surface area contributed by atoms with Crippen molar-refractivity contribution in [1.82, 2.24) is 9.97 Å². The van der Waals surface area contributed by atoms with Gasteiger partial charge in [-0.1, -0.05) is 15.9 Å². The third kappa shape index (κ3) is 2.20. The molecule has 0 saturated carbocycles. The van der Waals surface area contributed by atoms with E-state index >= 15 is 0 Å². The predicted molar refractivity (Wildman–Crippen MR) is 71.8 cm³/mol. The first-order chi connectivity index (χ1) is 8.74. The van der Waals surface area contributed by atoms with Crippen molar-refractivity contribution in [3.8, 4) is 5.75 Å². The number of aromatic nitrogens is 2. The summed E-state index contributed by atoms with van der Waals surface area (Å²) in [6, 6.07) is 3.97. The summed E-state index contributed by atoms with van der Waals surface area (Å²) in [5.74, 6) is 0.792. The highest BCUT2D eigenvalue weighted by atomic mass is 79.9. The minimum Gasteiger partial charge on any atom is -0.486 e. The van der Waals surface area contributed by atoms with Crippen molar-refractivity contribution in [2.24, 2.45) is 0 Å². The second-order valence-corrected chi connectivity index (χ2v) is 5.28.